The molecule has 1 aliphatic rings. The molecular formula is C17H22N2O4. The van der Waals surface area contributed by atoms with Crippen LogP contribution in [0.1, 0.15) is 47.4 Å². The molecular weight excluding hydrogens is 296 g/mol. The van der Waals surface area contributed by atoms with Gasteiger partial charge in [-0.3, -0.25) is 19.3 Å². The number of ether oxygens (including phenoxy) is 1. The Kier molecular flexibility index (Phi) is 5.87. The molecule has 124 valence electrons. The Hall–Kier alpha value is -2.21. The lowest BCUT2D eigenvalue weighted by Crippen LogP contribution is -2.32. The number of rotatable bonds is 8. The first-order chi connectivity index (χ1) is 11.0. The van der Waals surface area contributed by atoms with Gasteiger partial charge in [-0.05, 0) is 32.4 Å². The van der Waals surface area contributed by atoms with Crippen LogP contribution in [-0.4, -0.2) is 48.4 Å². The summed E-state index contributed by atoms with van der Waals surface area (Å²) in [7, 11) is 0. The van der Waals surface area contributed by atoms with Gasteiger partial charge >= 0.3 is 0 Å². The molecule has 0 atom stereocenters. The van der Waals surface area contributed by atoms with Crippen molar-refractivity contribution in [2.24, 2.45) is 0 Å². The summed E-state index contributed by atoms with van der Waals surface area (Å²) >= 11 is 0. The zero-order valence-corrected chi connectivity index (χ0v) is 13.5. The second kappa shape index (κ2) is 7.87. The number of carbonyl (C=O) groups excluding carboxylic acids is 3. The van der Waals surface area contributed by atoms with E-state index in [4.69, 9.17) is 4.74 Å². The van der Waals surface area contributed by atoms with Crippen molar-refractivity contribution in [3.05, 3.63) is 35.4 Å². The normalized spacial score (nSPS) is 13.6. The van der Waals surface area contributed by atoms with Crippen LogP contribution in [0.15, 0.2) is 24.3 Å². The molecule has 0 saturated carbocycles. The minimum Gasteiger partial charge on any atom is -0.377 e. The number of fused-ring (bicyclic) bond motifs is 1. The highest BCUT2D eigenvalue weighted by Crippen LogP contribution is 2.22. The van der Waals surface area contributed by atoms with E-state index in [1.165, 1.54) is 4.90 Å². The fourth-order valence-electron chi connectivity index (χ4n) is 2.41. The number of hydrogen-bond acceptors (Lipinski definition) is 4. The molecule has 0 aliphatic carbocycles. The molecule has 1 aromatic carbocycles. The van der Waals surface area contributed by atoms with Gasteiger partial charge in [0.05, 0.1) is 23.8 Å². The van der Waals surface area contributed by atoms with Crippen molar-refractivity contribution in [2.75, 3.05) is 19.7 Å². The van der Waals surface area contributed by atoms with Crippen LogP contribution in [0.5, 0.6) is 0 Å². The van der Waals surface area contributed by atoms with E-state index in [-0.39, 0.29) is 36.8 Å². The number of carbonyl (C=O) groups is 3. The zero-order chi connectivity index (χ0) is 16.8. The highest BCUT2D eigenvalue weighted by atomic mass is 16.5. The summed E-state index contributed by atoms with van der Waals surface area (Å²) in [5, 5.41) is 2.75. The monoisotopic (exact) mass is 318 g/mol. The highest BCUT2D eigenvalue weighted by Gasteiger charge is 2.34. The van der Waals surface area contributed by atoms with Gasteiger partial charge in [-0.15, -0.1) is 0 Å². The van der Waals surface area contributed by atoms with Crippen LogP contribution in [0, 0.1) is 0 Å². The van der Waals surface area contributed by atoms with E-state index in [0.29, 0.717) is 30.7 Å². The van der Waals surface area contributed by atoms with Gasteiger partial charge in [-0.25, -0.2) is 0 Å². The average Bonchev–Trinajstić information content (AvgIpc) is 2.77. The first-order valence-corrected chi connectivity index (χ1v) is 7.84. The lowest BCUT2D eigenvalue weighted by atomic mass is 10.1. The van der Waals surface area contributed by atoms with Gasteiger partial charge in [0.25, 0.3) is 11.8 Å². The number of nitrogens with zero attached hydrogens (tertiary/aromatic N) is 1. The molecule has 0 saturated heterocycles. The van der Waals surface area contributed by atoms with Crippen molar-refractivity contribution in [2.45, 2.75) is 32.8 Å². The van der Waals surface area contributed by atoms with Crippen LogP contribution in [0.2, 0.25) is 0 Å². The van der Waals surface area contributed by atoms with Gasteiger partial charge in [-0.2, -0.15) is 0 Å². The van der Waals surface area contributed by atoms with Crippen molar-refractivity contribution in [3.63, 3.8) is 0 Å². The largest absolute Gasteiger partial charge is 0.377 e. The Morgan fingerprint density at radius 3 is 2.35 bits per heavy atom. The number of nitrogens with one attached hydrogen (secondary N) is 1. The maximum Gasteiger partial charge on any atom is 0.261 e. The molecule has 0 spiro atoms. The summed E-state index contributed by atoms with van der Waals surface area (Å²) in [6.07, 6.45) is 0.859. The van der Waals surface area contributed by atoms with Crippen LogP contribution in [0.3, 0.4) is 0 Å². The highest BCUT2D eigenvalue weighted by molar-refractivity contribution is 6.21. The van der Waals surface area contributed by atoms with Crippen LogP contribution in [0.25, 0.3) is 0 Å². The summed E-state index contributed by atoms with van der Waals surface area (Å²) in [5.74, 6) is -0.665. The molecule has 0 bridgehead atoms. The van der Waals surface area contributed by atoms with E-state index in [9.17, 15) is 14.4 Å². The second-order valence-corrected chi connectivity index (χ2v) is 5.68. The van der Waals surface area contributed by atoms with E-state index in [1.54, 1.807) is 24.3 Å². The third-order valence-electron chi connectivity index (χ3n) is 3.54. The molecule has 6 nitrogen and oxygen atoms in total. The summed E-state index contributed by atoms with van der Waals surface area (Å²) in [6, 6.07) is 6.77. The van der Waals surface area contributed by atoms with Crippen LogP contribution >= 0.6 is 0 Å². The van der Waals surface area contributed by atoms with Gasteiger partial charge in [0, 0.05) is 19.5 Å². The van der Waals surface area contributed by atoms with E-state index in [1.807, 2.05) is 13.8 Å². The third kappa shape index (κ3) is 4.39. The summed E-state index contributed by atoms with van der Waals surface area (Å²) in [4.78, 5) is 37.2. The Morgan fingerprint density at radius 1 is 1.17 bits per heavy atom. The SMILES string of the molecule is CC(C)OCCNC(=O)CCCN1C(=O)c2ccccc2C1=O. The molecule has 3 amide bonds. The average molecular weight is 318 g/mol. The zero-order valence-electron chi connectivity index (χ0n) is 13.5. The Bertz CT molecular complexity index is 563. The molecule has 1 aromatic rings. The first-order valence-electron chi connectivity index (χ1n) is 7.84. The van der Waals surface area contributed by atoms with E-state index in [2.05, 4.69) is 5.32 Å². The number of amides is 3. The minimum atomic E-state index is -0.281. The van der Waals surface area contributed by atoms with Crippen molar-refractivity contribution < 1.29 is 19.1 Å². The number of imide groups is 1. The standard InChI is InChI=1S/C17H22N2O4/c1-12(2)23-11-9-18-15(20)8-5-10-19-16(21)13-6-3-4-7-14(13)17(19)22/h3-4,6-7,12H,5,8-11H2,1-2H3,(H,18,20). The molecule has 0 fully saturated rings. The first kappa shape index (κ1) is 17.1. The van der Waals surface area contributed by atoms with Crippen molar-refractivity contribution in [1.29, 1.82) is 0 Å². The van der Waals surface area contributed by atoms with Crippen LogP contribution < -0.4 is 5.32 Å². The molecule has 1 aliphatic heterocycles. The Morgan fingerprint density at radius 2 is 1.78 bits per heavy atom. The van der Waals surface area contributed by atoms with Gasteiger partial charge in [0.1, 0.15) is 0 Å². The predicted molar refractivity (Wildman–Crippen MR) is 85.1 cm³/mol. The smallest absolute Gasteiger partial charge is 0.261 e. The van der Waals surface area contributed by atoms with Crippen molar-refractivity contribution in [1.82, 2.24) is 10.2 Å². The fraction of sp³-hybridized carbons (Fsp3) is 0.471. The Labute approximate surface area is 135 Å². The van der Waals surface area contributed by atoms with Crippen molar-refractivity contribution in [3.8, 4) is 0 Å². The molecule has 1 heterocycles. The quantitative estimate of drug-likeness (QED) is 0.583. The lowest BCUT2D eigenvalue weighted by Gasteiger charge is -2.13. The van der Waals surface area contributed by atoms with E-state index in [0.717, 1.165) is 0 Å². The van der Waals surface area contributed by atoms with Gasteiger partial charge in [-0.1, -0.05) is 12.1 Å². The summed E-state index contributed by atoms with van der Waals surface area (Å²) in [6.45, 7) is 5.06. The van der Waals surface area contributed by atoms with Crippen LogP contribution in [0.4, 0.5) is 0 Å². The van der Waals surface area contributed by atoms with Gasteiger partial charge in [0.2, 0.25) is 5.91 Å². The Balaban J connectivity index is 1.72. The van der Waals surface area contributed by atoms with Gasteiger partial charge in [0.15, 0.2) is 0 Å². The maximum atomic E-state index is 12.1. The predicted octanol–water partition coefficient (Wildman–Crippen LogP) is 1.60. The maximum absolute atomic E-state index is 12.1. The molecule has 6 heteroatoms. The lowest BCUT2D eigenvalue weighted by molar-refractivity contribution is -0.121. The molecule has 2 rings (SSSR count). The van der Waals surface area contributed by atoms with E-state index < -0.39 is 0 Å². The molecule has 0 radical (unpaired) electrons. The minimum absolute atomic E-state index is 0.103. The summed E-state index contributed by atoms with van der Waals surface area (Å²) < 4.78 is 5.33. The second-order valence-electron chi connectivity index (χ2n) is 5.68. The van der Waals surface area contributed by atoms with Crippen LogP contribution in [-0.2, 0) is 9.53 Å². The molecule has 0 aromatic heterocycles. The molecule has 1 N–H and O–H groups in total. The number of hydrogen-bond donors (Lipinski definition) is 1. The third-order valence-corrected chi connectivity index (χ3v) is 3.54. The summed E-state index contributed by atoms with van der Waals surface area (Å²) in [5.41, 5.74) is 0.876. The fourth-order valence-corrected chi connectivity index (χ4v) is 2.41. The van der Waals surface area contributed by atoms with Crippen molar-refractivity contribution >= 4 is 17.7 Å². The molecule has 0 unspecified atom stereocenters. The molecule has 23 heavy (non-hydrogen) atoms. The van der Waals surface area contributed by atoms with Gasteiger partial charge < -0.3 is 10.1 Å². The van der Waals surface area contributed by atoms with E-state index >= 15 is 0 Å². The topological polar surface area (TPSA) is 75.7 Å². The number of benzene rings is 1.